The minimum atomic E-state index is 0.219. The summed E-state index contributed by atoms with van der Waals surface area (Å²) in [6, 6.07) is 5.62. The van der Waals surface area contributed by atoms with Crippen LogP contribution >= 0.6 is 11.6 Å². The average Bonchev–Trinajstić information content (AvgIpc) is 2.34. The molecule has 0 saturated heterocycles. The highest BCUT2D eigenvalue weighted by molar-refractivity contribution is 6.17. The molecule has 1 rings (SSSR count). The van der Waals surface area contributed by atoms with Crippen LogP contribution in [0.3, 0.4) is 0 Å². The zero-order valence-corrected chi connectivity index (χ0v) is 11.3. The van der Waals surface area contributed by atoms with Crippen LogP contribution in [0.1, 0.15) is 19.4 Å². The molecule has 3 nitrogen and oxygen atoms in total. The Morgan fingerprint density at radius 1 is 1.24 bits per heavy atom. The van der Waals surface area contributed by atoms with Gasteiger partial charge < -0.3 is 14.2 Å². The van der Waals surface area contributed by atoms with Crippen LogP contribution < -0.4 is 9.47 Å². The van der Waals surface area contributed by atoms with Crippen molar-refractivity contribution in [1.29, 1.82) is 0 Å². The fourth-order valence-electron chi connectivity index (χ4n) is 1.34. The molecule has 0 aliphatic carbocycles. The van der Waals surface area contributed by atoms with E-state index in [-0.39, 0.29) is 6.10 Å². The first-order valence-electron chi connectivity index (χ1n) is 5.64. The van der Waals surface area contributed by atoms with Crippen molar-refractivity contribution in [2.24, 2.45) is 0 Å². The minimum Gasteiger partial charge on any atom is -0.497 e. The molecule has 17 heavy (non-hydrogen) atoms. The van der Waals surface area contributed by atoms with E-state index < -0.39 is 0 Å². The van der Waals surface area contributed by atoms with Gasteiger partial charge in [0.15, 0.2) is 0 Å². The van der Waals surface area contributed by atoms with Gasteiger partial charge in [0.25, 0.3) is 0 Å². The highest BCUT2D eigenvalue weighted by atomic mass is 35.5. The Morgan fingerprint density at radius 3 is 2.59 bits per heavy atom. The number of hydrogen-bond acceptors (Lipinski definition) is 3. The van der Waals surface area contributed by atoms with E-state index in [1.807, 2.05) is 32.0 Å². The summed E-state index contributed by atoms with van der Waals surface area (Å²) in [5, 5.41) is 0. The molecule has 0 aromatic heterocycles. The van der Waals surface area contributed by atoms with Gasteiger partial charge in [0.1, 0.15) is 18.1 Å². The smallest absolute Gasteiger partial charge is 0.127 e. The third-order valence-corrected chi connectivity index (χ3v) is 2.50. The zero-order valence-electron chi connectivity index (χ0n) is 10.5. The predicted octanol–water partition coefficient (Wildman–Crippen LogP) is 3.24. The molecule has 4 heteroatoms. The largest absolute Gasteiger partial charge is 0.497 e. The van der Waals surface area contributed by atoms with Crippen molar-refractivity contribution < 1.29 is 14.2 Å². The van der Waals surface area contributed by atoms with Gasteiger partial charge in [0.2, 0.25) is 0 Å². The van der Waals surface area contributed by atoms with E-state index in [0.717, 1.165) is 17.1 Å². The van der Waals surface area contributed by atoms with Gasteiger partial charge in [-0.3, -0.25) is 0 Å². The Hall–Kier alpha value is -0.930. The van der Waals surface area contributed by atoms with Gasteiger partial charge in [-0.1, -0.05) is 6.07 Å². The monoisotopic (exact) mass is 258 g/mol. The van der Waals surface area contributed by atoms with E-state index >= 15 is 0 Å². The second-order valence-electron chi connectivity index (χ2n) is 3.88. The van der Waals surface area contributed by atoms with Crippen LogP contribution in [0.5, 0.6) is 11.5 Å². The summed E-state index contributed by atoms with van der Waals surface area (Å²) < 4.78 is 16.2. The first kappa shape index (κ1) is 14.1. The quantitative estimate of drug-likeness (QED) is 0.555. The Balaban J connectivity index is 2.55. The summed E-state index contributed by atoms with van der Waals surface area (Å²) in [7, 11) is 1.63. The van der Waals surface area contributed by atoms with Gasteiger partial charge in [-0.05, 0) is 19.9 Å². The van der Waals surface area contributed by atoms with Crippen LogP contribution in [-0.2, 0) is 10.6 Å². The van der Waals surface area contributed by atoms with E-state index in [1.54, 1.807) is 7.11 Å². The Kier molecular flexibility index (Phi) is 6.16. The van der Waals surface area contributed by atoms with E-state index in [0.29, 0.717) is 19.1 Å². The third-order valence-electron chi connectivity index (χ3n) is 2.21. The molecular formula is C13H19ClO3. The second kappa shape index (κ2) is 7.41. The molecule has 0 aliphatic rings. The number of methoxy groups -OCH3 is 1. The lowest BCUT2D eigenvalue weighted by molar-refractivity contribution is 0.0550. The van der Waals surface area contributed by atoms with E-state index in [2.05, 4.69) is 0 Å². The molecule has 0 saturated carbocycles. The number of alkyl halides is 1. The molecule has 1 aromatic carbocycles. The molecule has 1 aromatic rings. The van der Waals surface area contributed by atoms with E-state index in [1.165, 1.54) is 0 Å². The van der Waals surface area contributed by atoms with Gasteiger partial charge in [0, 0.05) is 11.6 Å². The van der Waals surface area contributed by atoms with Crippen LogP contribution in [0.4, 0.5) is 0 Å². The maximum atomic E-state index is 5.84. The Bertz CT molecular complexity index is 339. The number of rotatable bonds is 7. The van der Waals surface area contributed by atoms with Gasteiger partial charge >= 0.3 is 0 Å². The molecule has 0 aliphatic heterocycles. The van der Waals surface area contributed by atoms with Crippen LogP contribution in [0.15, 0.2) is 18.2 Å². The highest BCUT2D eigenvalue weighted by Crippen LogP contribution is 2.26. The number of halogens is 1. The van der Waals surface area contributed by atoms with Crippen molar-refractivity contribution in [3.63, 3.8) is 0 Å². The topological polar surface area (TPSA) is 27.7 Å². The highest BCUT2D eigenvalue weighted by Gasteiger charge is 2.05. The van der Waals surface area contributed by atoms with Crippen molar-refractivity contribution in [3.05, 3.63) is 23.8 Å². The standard InChI is InChI=1S/C13H19ClO3/c1-10(2)16-6-7-17-13-8-12(15-3)5-4-11(13)9-14/h4-5,8,10H,6-7,9H2,1-3H3. The van der Waals surface area contributed by atoms with Crippen molar-refractivity contribution in [2.75, 3.05) is 20.3 Å². The lowest BCUT2D eigenvalue weighted by Gasteiger charge is -2.12. The number of hydrogen-bond donors (Lipinski definition) is 0. The maximum Gasteiger partial charge on any atom is 0.127 e. The molecule has 0 radical (unpaired) electrons. The average molecular weight is 259 g/mol. The fourth-order valence-corrected chi connectivity index (χ4v) is 1.56. The summed E-state index contributed by atoms with van der Waals surface area (Å²) >= 11 is 5.84. The predicted molar refractivity (Wildman–Crippen MR) is 69.1 cm³/mol. The summed E-state index contributed by atoms with van der Waals surface area (Å²) in [6.45, 7) is 5.07. The molecule has 96 valence electrons. The second-order valence-corrected chi connectivity index (χ2v) is 4.14. The SMILES string of the molecule is COc1ccc(CCl)c(OCCOC(C)C)c1. The Labute approximate surface area is 108 Å². The van der Waals surface area contributed by atoms with Gasteiger partial charge in [-0.2, -0.15) is 0 Å². The van der Waals surface area contributed by atoms with Crippen LogP contribution in [0.25, 0.3) is 0 Å². The van der Waals surface area contributed by atoms with Crippen molar-refractivity contribution in [2.45, 2.75) is 25.8 Å². The van der Waals surface area contributed by atoms with Crippen molar-refractivity contribution in [1.82, 2.24) is 0 Å². The van der Waals surface area contributed by atoms with Crippen LogP contribution in [-0.4, -0.2) is 26.4 Å². The van der Waals surface area contributed by atoms with Gasteiger partial charge in [0.05, 0.1) is 25.7 Å². The number of benzene rings is 1. The van der Waals surface area contributed by atoms with Gasteiger partial charge in [-0.15, -0.1) is 11.6 Å². The van der Waals surface area contributed by atoms with Crippen molar-refractivity contribution >= 4 is 11.6 Å². The fraction of sp³-hybridized carbons (Fsp3) is 0.538. The van der Waals surface area contributed by atoms with Crippen LogP contribution in [0, 0.1) is 0 Å². The molecule has 0 bridgehead atoms. The lowest BCUT2D eigenvalue weighted by Crippen LogP contribution is -2.11. The zero-order chi connectivity index (χ0) is 12.7. The van der Waals surface area contributed by atoms with E-state index in [4.69, 9.17) is 25.8 Å². The first-order valence-corrected chi connectivity index (χ1v) is 6.18. The molecule has 0 unspecified atom stereocenters. The molecule has 0 fully saturated rings. The molecular weight excluding hydrogens is 240 g/mol. The van der Waals surface area contributed by atoms with E-state index in [9.17, 15) is 0 Å². The summed E-state index contributed by atoms with van der Waals surface area (Å²) in [5.41, 5.74) is 0.956. The van der Waals surface area contributed by atoms with Crippen molar-refractivity contribution in [3.8, 4) is 11.5 Å². The summed E-state index contributed by atoms with van der Waals surface area (Å²) in [6.07, 6.45) is 0.219. The van der Waals surface area contributed by atoms with Gasteiger partial charge in [-0.25, -0.2) is 0 Å². The Morgan fingerprint density at radius 2 is 2.00 bits per heavy atom. The third kappa shape index (κ3) is 4.84. The maximum absolute atomic E-state index is 5.84. The molecule has 0 amide bonds. The number of ether oxygens (including phenoxy) is 3. The molecule has 0 spiro atoms. The molecule has 0 N–H and O–H groups in total. The first-order chi connectivity index (χ1) is 8.17. The normalized spacial score (nSPS) is 10.6. The summed E-state index contributed by atoms with van der Waals surface area (Å²) in [4.78, 5) is 0. The minimum absolute atomic E-state index is 0.219. The lowest BCUT2D eigenvalue weighted by atomic mass is 10.2. The summed E-state index contributed by atoms with van der Waals surface area (Å²) in [5.74, 6) is 1.94. The van der Waals surface area contributed by atoms with Crippen LogP contribution in [0.2, 0.25) is 0 Å². The molecule has 0 atom stereocenters. The molecule has 0 heterocycles.